The topological polar surface area (TPSA) is 65.2 Å². The molecule has 7 heteroatoms. The Balaban J connectivity index is 2.31. The third-order valence-corrected chi connectivity index (χ3v) is 3.39. The molecular weight excluding hydrogens is 331 g/mol. The smallest absolute Gasteiger partial charge is 0.396 e. The Morgan fingerprint density at radius 1 is 1.60 bits per heavy atom. The zero-order valence-corrected chi connectivity index (χ0v) is 10.5. The van der Waals surface area contributed by atoms with E-state index in [4.69, 9.17) is 4.42 Å². The van der Waals surface area contributed by atoms with Gasteiger partial charge in [-0.25, -0.2) is 4.79 Å². The van der Waals surface area contributed by atoms with Crippen molar-refractivity contribution < 1.29 is 13.9 Å². The van der Waals surface area contributed by atoms with Gasteiger partial charge in [-0.1, -0.05) is 0 Å². The fraction of sp³-hybridized carbons (Fsp3) is 0.125. The number of aromatic nitrogens is 2. The molecule has 5 nitrogen and oxygen atoms in total. The number of thiophene rings is 1. The van der Waals surface area contributed by atoms with Crippen LogP contribution in [0.4, 0.5) is 0 Å². The Hall–Kier alpha value is -0.960. The molecule has 0 saturated carbocycles. The number of nitrogens with zero attached hydrogens (tertiary/aromatic N) is 2. The van der Waals surface area contributed by atoms with Crippen LogP contribution in [0.5, 0.6) is 0 Å². The van der Waals surface area contributed by atoms with Crippen molar-refractivity contribution in [2.75, 3.05) is 7.11 Å². The summed E-state index contributed by atoms with van der Waals surface area (Å²) in [7, 11) is 1.26. The quantitative estimate of drug-likeness (QED) is 0.621. The molecule has 78 valence electrons. The molecule has 0 spiro atoms. The standard InChI is InChI=1S/C8H5IN2O3S/c1-13-8(12)7-11-10-6(14-7)4-2-5(9)15-3-4/h2-3H,1H3. The number of esters is 1. The highest BCUT2D eigenvalue weighted by Gasteiger charge is 2.16. The zero-order chi connectivity index (χ0) is 10.8. The second-order valence-electron chi connectivity index (χ2n) is 2.54. The van der Waals surface area contributed by atoms with Crippen molar-refractivity contribution in [1.29, 1.82) is 0 Å². The Morgan fingerprint density at radius 2 is 2.40 bits per heavy atom. The van der Waals surface area contributed by atoms with Crippen LogP contribution in [0.2, 0.25) is 0 Å². The fourth-order valence-corrected chi connectivity index (χ4v) is 2.25. The summed E-state index contributed by atoms with van der Waals surface area (Å²) < 4.78 is 10.7. The summed E-state index contributed by atoms with van der Waals surface area (Å²) in [5, 5.41) is 9.22. The molecule has 0 aliphatic carbocycles. The molecule has 2 aromatic heterocycles. The Morgan fingerprint density at radius 3 is 3.00 bits per heavy atom. The summed E-state index contributed by atoms with van der Waals surface area (Å²) >= 11 is 3.76. The zero-order valence-electron chi connectivity index (χ0n) is 7.56. The lowest BCUT2D eigenvalue weighted by Crippen LogP contribution is -2.00. The number of carbonyl (C=O) groups is 1. The first kappa shape index (κ1) is 10.6. The van der Waals surface area contributed by atoms with E-state index in [1.807, 2.05) is 11.4 Å². The number of rotatable bonds is 2. The summed E-state index contributed by atoms with van der Waals surface area (Å²) in [6.07, 6.45) is 0. The minimum absolute atomic E-state index is 0.131. The SMILES string of the molecule is COC(=O)c1nnc(-c2csc(I)c2)o1. The van der Waals surface area contributed by atoms with E-state index in [0.29, 0.717) is 5.89 Å². The van der Waals surface area contributed by atoms with Crippen LogP contribution in [0.15, 0.2) is 15.9 Å². The Kier molecular flexibility index (Phi) is 3.00. The molecule has 2 aromatic rings. The van der Waals surface area contributed by atoms with Gasteiger partial charge in [0.15, 0.2) is 0 Å². The van der Waals surface area contributed by atoms with Gasteiger partial charge in [0, 0.05) is 5.38 Å². The molecule has 2 heterocycles. The van der Waals surface area contributed by atoms with Gasteiger partial charge in [-0.2, -0.15) is 0 Å². The largest absolute Gasteiger partial charge is 0.462 e. The average Bonchev–Trinajstić information content (AvgIpc) is 2.84. The van der Waals surface area contributed by atoms with E-state index in [2.05, 4.69) is 37.5 Å². The van der Waals surface area contributed by atoms with Crippen molar-refractivity contribution in [1.82, 2.24) is 10.2 Å². The van der Waals surface area contributed by atoms with Crippen molar-refractivity contribution in [3.8, 4) is 11.5 Å². The van der Waals surface area contributed by atoms with Crippen LogP contribution < -0.4 is 0 Å². The molecule has 0 fully saturated rings. The summed E-state index contributed by atoms with van der Waals surface area (Å²) in [4.78, 5) is 11.0. The molecule has 2 rings (SSSR count). The van der Waals surface area contributed by atoms with E-state index in [0.717, 1.165) is 8.45 Å². The second kappa shape index (κ2) is 4.27. The first-order valence-corrected chi connectivity index (χ1v) is 5.83. The molecule has 0 amide bonds. The van der Waals surface area contributed by atoms with E-state index in [9.17, 15) is 4.79 Å². The number of hydrogen-bond donors (Lipinski definition) is 0. The highest BCUT2D eigenvalue weighted by molar-refractivity contribution is 14.1. The van der Waals surface area contributed by atoms with E-state index >= 15 is 0 Å². The third kappa shape index (κ3) is 2.17. The van der Waals surface area contributed by atoms with E-state index in [1.54, 1.807) is 11.3 Å². The minimum Gasteiger partial charge on any atom is -0.462 e. The molecule has 15 heavy (non-hydrogen) atoms. The number of carbonyl (C=O) groups excluding carboxylic acids is 1. The van der Waals surface area contributed by atoms with Crippen molar-refractivity contribution >= 4 is 39.9 Å². The van der Waals surface area contributed by atoms with E-state index in [1.165, 1.54) is 7.11 Å². The molecule has 0 bridgehead atoms. The third-order valence-electron chi connectivity index (χ3n) is 1.60. The number of methoxy groups -OCH3 is 1. The van der Waals surface area contributed by atoms with Crippen molar-refractivity contribution in [3.05, 3.63) is 20.2 Å². The van der Waals surface area contributed by atoms with Crippen molar-refractivity contribution in [2.24, 2.45) is 0 Å². The Labute approximate surface area is 103 Å². The highest BCUT2D eigenvalue weighted by atomic mass is 127. The van der Waals surface area contributed by atoms with Crippen LogP contribution in [-0.2, 0) is 4.74 Å². The van der Waals surface area contributed by atoms with Crippen LogP contribution in [0, 0.1) is 2.88 Å². The van der Waals surface area contributed by atoms with Gasteiger partial charge in [-0.15, -0.1) is 21.5 Å². The summed E-state index contributed by atoms with van der Waals surface area (Å²) in [6.45, 7) is 0. The second-order valence-corrected chi connectivity index (χ2v) is 5.35. The van der Waals surface area contributed by atoms with Crippen LogP contribution in [0.3, 0.4) is 0 Å². The van der Waals surface area contributed by atoms with Gasteiger partial charge in [0.05, 0.1) is 15.6 Å². The maximum atomic E-state index is 11.0. The van der Waals surface area contributed by atoms with Gasteiger partial charge in [0.2, 0.25) is 5.89 Å². The average molecular weight is 336 g/mol. The van der Waals surface area contributed by atoms with E-state index in [-0.39, 0.29) is 5.89 Å². The molecule has 0 aromatic carbocycles. The fourth-order valence-electron chi connectivity index (χ4n) is 0.932. The predicted octanol–water partition coefficient (Wildman–Crippen LogP) is 2.19. The van der Waals surface area contributed by atoms with Crippen LogP contribution in [0.25, 0.3) is 11.5 Å². The molecule has 0 unspecified atom stereocenters. The summed E-state index contributed by atoms with van der Waals surface area (Å²) in [5.41, 5.74) is 0.812. The molecule has 0 atom stereocenters. The monoisotopic (exact) mass is 336 g/mol. The first-order valence-electron chi connectivity index (χ1n) is 3.87. The number of ether oxygens (including phenoxy) is 1. The maximum absolute atomic E-state index is 11.0. The highest BCUT2D eigenvalue weighted by Crippen LogP contribution is 2.25. The van der Waals surface area contributed by atoms with Crippen LogP contribution in [-0.4, -0.2) is 23.3 Å². The lowest BCUT2D eigenvalue weighted by molar-refractivity contribution is 0.0556. The number of halogens is 1. The molecule has 0 N–H and O–H groups in total. The Bertz CT molecular complexity index is 494. The first-order chi connectivity index (χ1) is 7.20. The number of hydrogen-bond acceptors (Lipinski definition) is 6. The molecule has 0 radical (unpaired) electrons. The van der Waals surface area contributed by atoms with Crippen molar-refractivity contribution in [3.63, 3.8) is 0 Å². The molecule has 0 saturated heterocycles. The summed E-state index contributed by atoms with van der Waals surface area (Å²) in [5.74, 6) is -0.429. The van der Waals surface area contributed by atoms with Crippen LogP contribution in [0.1, 0.15) is 10.7 Å². The lowest BCUT2D eigenvalue weighted by atomic mass is 10.3. The van der Waals surface area contributed by atoms with Crippen molar-refractivity contribution in [2.45, 2.75) is 0 Å². The predicted molar refractivity (Wildman–Crippen MR) is 61.7 cm³/mol. The lowest BCUT2D eigenvalue weighted by Gasteiger charge is -1.89. The minimum atomic E-state index is -0.626. The van der Waals surface area contributed by atoms with Gasteiger partial charge in [-0.05, 0) is 28.7 Å². The normalized spacial score (nSPS) is 10.3. The van der Waals surface area contributed by atoms with Crippen LogP contribution >= 0.6 is 33.9 Å². The van der Waals surface area contributed by atoms with Gasteiger partial charge in [0.25, 0.3) is 0 Å². The van der Waals surface area contributed by atoms with Gasteiger partial charge in [-0.3, -0.25) is 0 Å². The maximum Gasteiger partial charge on any atom is 0.396 e. The molecule has 0 aliphatic heterocycles. The molecular formula is C8H5IN2O3S. The van der Waals surface area contributed by atoms with Gasteiger partial charge in [0.1, 0.15) is 0 Å². The van der Waals surface area contributed by atoms with Gasteiger partial charge >= 0.3 is 11.9 Å². The summed E-state index contributed by atoms with van der Waals surface area (Å²) in [6, 6.07) is 1.90. The molecule has 0 aliphatic rings. The van der Waals surface area contributed by atoms with E-state index < -0.39 is 5.97 Å². The van der Waals surface area contributed by atoms with Gasteiger partial charge < -0.3 is 9.15 Å².